The zero-order valence-corrected chi connectivity index (χ0v) is 18.0. The molecule has 0 unspecified atom stereocenters. The lowest BCUT2D eigenvalue weighted by molar-refractivity contribution is -0.115. The summed E-state index contributed by atoms with van der Waals surface area (Å²) in [4.78, 5) is 17.1. The zero-order chi connectivity index (χ0) is 20.5. The first-order valence-corrected chi connectivity index (χ1v) is 10.7. The average molecular weight is 425 g/mol. The van der Waals surface area contributed by atoms with Crippen LogP contribution in [0.2, 0.25) is 5.02 Å². The fourth-order valence-corrected chi connectivity index (χ4v) is 4.29. The maximum absolute atomic E-state index is 12.6. The summed E-state index contributed by atoms with van der Waals surface area (Å²) in [6.07, 6.45) is 1.91. The van der Waals surface area contributed by atoms with Crippen molar-refractivity contribution < 1.29 is 9.21 Å². The Hall–Kier alpha value is -2.63. The van der Waals surface area contributed by atoms with E-state index in [1.807, 2.05) is 35.7 Å². The van der Waals surface area contributed by atoms with E-state index in [2.05, 4.69) is 37.1 Å². The Labute approximate surface area is 178 Å². The predicted octanol–water partition coefficient (Wildman–Crippen LogP) is 6.82. The molecule has 0 saturated heterocycles. The number of amides is 1. The maximum atomic E-state index is 12.6. The third-order valence-electron chi connectivity index (χ3n) is 4.91. The van der Waals surface area contributed by atoms with Gasteiger partial charge in [-0.25, -0.2) is 4.98 Å². The number of carbonyl (C=O) groups excluding carboxylic acids is 1. The Morgan fingerprint density at radius 2 is 2.00 bits per heavy atom. The van der Waals surface area contributed by atoms with E-state index in [1.165, 1.54) is 22.5 Å². The Morgan fingerprint density at radius 1 is 1.24 bits per heavy atom. The van der Waals surface area contributed by atoms with Crippen molar-refractivity contribution in [2.45, 2.75) is 33.1 Å². The molecular formula is C23H21ClN2O2S. The van der Waals surface area contributed by atoms with Gasteiger partial charge in [0.2, 0.25) is 5.91 Å². The van der Waals surface area contributed by atoms with Crippen molar-refractivity contribution in [3.8, 4) is 11.3 Å². The summed E-state index contributed by atoms with van der Waals surface area (Å²) in [5.74, 6) is 0.300. The normalized spacial score (nSPS) is 11.3. The molecule has 29 heavy (non-hydrogen) atoms. The molecule has 2 aromatic carbocycles. The standard InChI is InChI=1S/C23H21ClN2O2S/c1-13(2)18-10-19-16(11-28-21(19)8-14(18)3)9-22(27)26-23-25-20(12-29-23)15-4-6-17(24)7-5-15/h4-8,10-13H,9H2,1-3H3,(H,25,26,27). The molecule has 4 nitrogen and oxygen atoms in total. The van der Waals surface area contributed by atoms with Gasteiger partial charge in [-0.2, -0.15) is 0 Å². The molecule has 1 amide bonds. The third-order valence-corrected chi connectivity index (χ3v) is 5.92. The number of nitrogens with one attached hydrogen (secondary N) is 1. The summed E-state index contributed by atoms with van der Waals surface area (Å²) < 4.78 is 5.68. The van der Waals surface area contributed by atoms with Gasteiger partial charge >= 0.3 is 0 Å². The predicted molar refractivity (Wildman–Crippen MR) is 120 cm³/mol. The number of carbonyl (C=O) groups is 1. The molecule has 0 saturated carbocycles. The highest BCUT2D eigenvalue weighted by atomic mass is 35.5. The summed E-state index contributed by atoms with van der Waals surface area (Å²) >= 11 is 7.34. The monoisotopic (exact) mass is 424 g/mol. The number of benzene rings is 2. The first kappa shape index (κ1) is 19.7. The molecule has 4 aromatic rings. The number of thiazole rings is 1. The second-order valence-electron chi connectivity index (χ2n) is 7.39. The van der Waals surface area contributed by atoms with Crippen molar-refractivity contribution in [1.29, 1.82) is 0 Å². The van der Waals surface area contributed by atoms with Crippen LogP contribution in [-0.4, -0.2) is 10.9 Å². The van der Waals surface area contributed by atoms with Crippen LogP contribution in [-0.2, 0) is 11.2 Å². The van der Waals surface area contributed by atoms with Gasteiger partial charge in [0.15, 0.2) is 5.13 Å². The number of aryl methyl sites for hydroxylation is 1. The van der Waals surface area contributed by atoms with Gasteiger partial charge in [-0.1, -0.05) is 37.6 Å². The molecule has 1 N–H and O–H groups in total. The van der Waals surface area contributed by atoms with Crippen molar-refractivity contribution in [3.05, 3.63) is 69.8 Å². The highest BCUT2D eigenvalue weighted by molar-refractivity contribution is 7.14. The number of fused-ring (bicyclic) bond motifs is 1. The lowest BCUT2D eigenvalue weighted by Gasteiger charge is -2.09. The van der Waals surface area contributed by atoms with E-state index in [0.29, 0.717) is 16.1 Å². The van der Waals surface area contributed by atoms with E-state index in [-0.39, 0.29) is 12.3 Å². The van der Waals surface area contributed by atoms with E-state index in [9.17, 15) is 4.79 Å². The minimum Gasteiger partial charge on any atom is -0.464 e. The van der Waals surface area contributed by atoms with Crippen LogP contribution < -0.4 is 5.32 Å². The minimum absolute atomic E-state index is 0.114. The number of rotatable bonds is 5. The van der Waals surface area contributed by atoms with Crippen LogP contribution in [0.15, 0.2) is 52.5 Å². The number of furan rings is 1. The summed E-state index contributed by atoms with van der Waals surface area (Å²) in [7, 11) is 0. The quantitative estimate of drug-likeness (QED) is 0.382. The van der Waals surface area contributed by atoms with E-state index >= 15 is 0 Å². The Morgan fingerprint density at radius 3 is 2.72 bits per heavy atom. The first-order chi connectivity index (χ1) is 13.9. The van der Waals surface area contributed by atoms with Crippen LogP contribution in [0.3, 0.4) is 0 Å². The lowest BCUT2D eigenvalue weighted by Crippen LogP contribution is -2.14. The van der Waals surface area contributed by atoms with Crippen LogP contribution in [0.4, 0.5) is 5.13 Å². The topological polar surface area (TPSA) is 55.1 Å². The fraction of sp³-hybridized carbons (Fsp3) is 0.217. The lowest BCUT2D eigenvalue weighted by atomic mass is 9.95. The summed E-state index contributed by atoms with van der Waals surface area (Å²) in [6.45, 7) is 6.42. The highest BCUT2D eigenvalue weighted by Crippen LogP contribution is 2.30. The number of hydrogen-bond acceptors (Lipinski definition) is 4. The van der Waals surface area contributed by atoms with Gasteiger partial charge in [-0.05, 0) is 48.2 Å². The van der Waals surface area contributed by atoms with E-state index in [0.717, 1.165) is 27.8 Å². The fourth-order valence-electron chi connectivity index (χ4n) is 3.42. The van der Waals surface area contributed by atoms with Gasteiger partial charge in [-0.15, -0.1) is 11.3 Å². The van der Waals surface area contributed by atoms with Gasteiger partial charge in [0.1, 0.15) is 5.58 Å². The number of nitrogens with zero attached hydrogens (tertiary/aromatic N) is 1. The van der Waals surface area contributed by atoms with E-state index < -0.39 is 0 Å². The SMILES string of the molecule is Cc1cc2occ(CC(=O)Nc3nc(-c4ccc(Cl)cc4)cs3)c2cc1C(C)C. The van der Waals surface area contributed by atoms with E-state index in [4.69, 9.17) is 16.0 Å². The second-order valence-corrected chi connectivity index (χ2v) is 8.68. The number of aromatic nitrogens is 1. The number of anilines is 1. The molecule has 0 aliphatic rings. The maximum Gasteiger partial charge on any atom is 0.230 e. The van der Waals surface area contributed by atoms with Crippen LogP contribution >= 0.6 is 22.9 Å². The molecule has 0 aliphatic heterocycles. The van der Waals surface area contributed by atoms with Crippen molar-refractivity contribution >= 4 is 44.9 Å². The number of halogens is 1. The third kappa shape index (κ3) is 4.21. The molecule has 0 radical (unpaired) electrons. The molecule has 6 heteroatoms. The molecule has 2 heterocycles. The smallest absolute Gasteiger partial charge is 0.230 e. The molecule has 4 rings (SSSR count). The number of hydrogen-bond donors (Lipinski definition) is 1. The highest BCUT2D eigenvalue weighted by Gasteiger charge is 2.15. The molecule has 0 atom stereocenters. The zero-order valence-electron chi connectivity index (χ0n) is 16.5. The average Bonchev–Trinajstić information content (AvgIpc) is 3.28. The van der Waals surface area contributed by atoms with Gasteiger partial charge in [0, 0.05) is 26.9 Å². The van der Waals surface area contributed by atoms with Crippen LogP contribution in [0.25, 0.3) is 22.2 Å². The molecular weight excluding hydrogens is 404 g/mol. The van der Waals surface area contributed by atoms with E-state index in [1.54, 1.807) is 6.26 Å². The first-order valence-electron chi connectivity index (χ1n) is 9.42. The minimum atomic E-state index is -0.114. The largest absolute Gasteiger partial charge is 0.464 e. The molecule has 148 valence electrons. The molecule has 2 aromatic heterocycles. The van der Waals surface area contributed by atoms with Crippen molar-refractivity contribution in [3.63, 3.8) is 0 Å². The van der Waals surface area contributed by atoms with Crippen LogP contribution in [0, 0.1) is 6.92 Å². The molecule has 0 spiro atoms. The Balaban J connectivity index is 1.50. The summed E-state index contributed by atoms with van der Waals surface area (Å²) in [5.41, 5.74) is 5.95. The van der Waals surface area contributed by atoms with Gasteiger partial charge in [0.25, 0.3) is 0 Å². The van der Waals surface area contributed by atoms with Crippen LogP contribution in [0.5, 0.6) is 0 Å². The molecule has 0 aliphatic carbocycles. The van der Waals surface area contributed by atoms with Crippen molar-refractivity contribution in [1.82, 2.24) is 4.98 Å². The molecule has 0 bridgehead atoms. The van der Waals surface area contributed by atoms with Crippen molar-refractivity contribution in [2.75, 3.05) is 5.32 Å². The Bertz CT molecular complexity index is 1180. The van der Waals surface area contributed by atoms with Crippen molar-refractivity contribution in [2.24, 2.45) is 0 Å². The van der Waals surface area contributed by atoms with Crippen LogP contribution in [0.1, 0.15) is 36.5 Å². The Kier molecular flexibility index (Phi) is 5.43. The molecule has 0 fully saturated rings. The van der Waals surface area contributed by atoms with Gasteiger partial charge in [-0.3, -0.25) is 4.79 Å². The second kappa shape index (κ2) is 8.01. The van der Waals surface area contributed by atoms with Gasteiger partial charge in [0.05, 0.1) is 18.4 Å². The summed E-state index contributed by atoms with van der Waals surface area (Å²) in [5, 5.41) is 7.07. The summed E-state index contributed by atoms with van der Waals surface area (Å²) in [6, 6.07) is 11.7. The van der Waals surface area contributed by atoms with Gasteiger partial charge < -0.3 is 9.73 Å².